The van der Waals surface area contributed by atoms with Crippen LogP contribution in [0.15, 0.2) is 30.9 Å². The molecule has 0 spiro atoms. The molecule has 3 atom stereocenters. The maximum atomic E-state index is 5.23. The van der Waals surface area contributed by atoms with Crippen LogP contribution in [0.25, 0.3) is 11.0 Å². The Morgan fingerprint density at radius 1 is 1.17 bits per heavy atom. The Morgan fingerprint density at radius 2 is 2.00 bits per heavy atom. The first kappa shape index (κ1) is 18.3. The van der Waals surface area contributed by atoms with Crippen LogP contribution in [0.1, 0.15) is 26.3 Å². The summed E-state index contributed by atoms with van der Waals surface area (Å²) in [6, 6.07) is 4.25. The van der Waals surface area contributed by atoms with E-state index >= 15 is 0 Å². The standard InChI is InChI=1S/C21H27N7O/c1-13(2)28-12-24-17-9-23-20(8-18(17)28)25-19-4-6-22-21(26-19)27-10-15-14(5-7-29-3)16(15)11-27/h4,6,8-9,12-16H,5,7,10-11H2,1-3H3,(H,22,23,25,26)/t14?,15-,16+. The molecule has 0 bridgehead atoms. The number of nitrogens with one attached hydrogen (secondary N) is 1. The van der Waals surface area contributed by atoms with Crippen molar-refractivity contribution < 1.29 is 4.74 Å². The summed E-state index contributed by atoms with van der Waals surface area (Å²) < 4.78 is 7.37. The number of rotatable bonds is 7. The lowest BCUT2D eigenvalue weighted by molar-refractivity contribution is 0.186. The fraction of sp³-hybridized carbons (Fsp3) is 0.524. The van der Waals surface area contributed by atoms with Crippen molar-refractivity contribution in [2.45, 2.75) is 26.3 Å². The first-order valence-electron chi connectivity index (χ1n) is 10.3. The first-order chi connectivity index (χ1) is 14.1. The van der Waals surface area contributed by atoms with E-state index in [0.29, 0.717) is 6.04 Å². The minimum atomic E-state index is 0.343. The highest BCUT2D eigenvalue weighted by molar-refractivity contribution is 5.78. The van der Waals surface area contributed by atoms with Crippen LogP contribution in [0, 0.1) is 17.8 Å². The monoisotopic (exact) mass is 393 g/mol. The second kappa shape index (κ2) is 7.26. The van der Waals surface area contributed by atoms with Crippen molar-refractivity contribution >= 4 is 28.6 Å². The molecule has 3 aromatic rings. The fourth-order valence-corrected chi connectivity index (χ4v) is 4.61. The Hall–Kier alpha value is -2.74. The molecule has 3 aromatic heterocycles. The second-order valence-corrected chi connectivity index (χ2v) is 8.35. The summed E-state index contributed by atoms with van der Waals surface area (Å²) in [7, 11) is 1.78. The van der Waals surface area contributed by atoms with Crippen molar-refractivity contribution in [3.63, 3.8) is 0 Å². The van der Waals surface area contributed by atoms with Crippen molar-refractivity contribution in [1.29, 1.82) is 0 Å². The van der Waals surface area contributed by atoms with Crippen molar-refractivity contribution in [3.8, 4) is 0 Å². The Kier molecular flexibility index (Phi) is 4.58. The van der Waals surface area contributed by atoms with Gasteiger partial charge in [-0.25, -0.2) is 15.0 Å². The van der Waals surface area contributed by atoms with E-state index in [1.54, 1.807) is 13.3 Å². The predicted molar refractivity (Wildman–Crippen MR) is 112 cm³/mol. The molecule has 2 aliphatic rings. The minimum Gasteiger partial charge on any atom is -0.385 e. The van der Waals surface area contributed by atoms with Gasteiger partial charge in [0.05, 0.1) is 18.0 Å². The maximum absolute atomic E-state index is 5.23. The lowest BCUT2D eigenvalue weighted by Gasteiger charge is -2.20. The lowest BCUT2D eigenvalue weighted by atomic mass is 10.2. The highest BCUT2D eigenvalue weighted by Crippen LogP contribution is 2.53. The first-order valence-corrected chi connectivity index (χ1v) is 10.3. The van der Waals surface area contributed by atoms with Crippen LogP contribution >= 0.6 is 0 Å². The molecule has 0 amide bonds. The molecule has 8 heteroatoms. The third-order valence-electron chi connectivity index (χ3n) is 6.23. The van der Waals surface area contributed by atoms with Gasteiger partial charge in [0, 0.05) is 45.1 Å². The van der Waals surface area contributed by atoms with Crippen LogP contribution in [0.3, 0.4) is 0 Å². The number of hydrogen-bond acceptors (Lipinski definition) is 7. The van der Waals surface area contributed by atoms with Crippen LogP contribution < -0.4 is 10.2 Å². The van der Waals surface area contributed by atoms with Crippen LogP contribution in [0.5, 0.6) is 0 Å². The van der Waals surface area contributed by atoms with Crippen molar-refractivity contribution in [3.05, 3.63) is 30.9 Å². The number of fused-ring (bicyclic) bond motifs is 2. The van der Waals surface area contributed by atoms with Gasteiger partial charge < -0.3 is 19.5 Å². The molecule has 5 rings (SSSR count). The number of imidazole rings is 1. The van der Waals surface area contributed by atoms with Gasteiger partial charge in [-0.2, -0.15) is 4.98 Å². The van der Waals surface area contributed by atoms with Gasteiger partial charge in [-0.15, -0.1) is 0 Å². The van der Waals surface area contributed by atoms with Crippen LogP contribution in [0.2, 0.25) is 0 Å². The average Bonchev–Trinajstić information content (AvgIpc) is 3.07. The number of ether oxygens (including phenoxy) is 1. The lowest BCUT2D eigenvalue weighted by Crippen LogP contribution is -2.26. The quantitative estimate of drug-likeness (QED) is 0.660. The molecule has 1 unspecified atom stereocenters. The molecule has 4 heterocycles. The van der Waals surface area contributed by atoms with E-state index < -0.39 is 0 Å². The summed E-state index contributed by atoms with van der Waals surface area (Å²) in [4.78, 5) is 20.4. The van der Waals surface area contributed by atoms with Crippen LogP contribution in [-0.4, -0.2) is 51.3 Å². The summed E-state index contributed by atoms with van der Waals surface area (Å²) in [6.07, 6.45) is 6.64. The smallest absolute Gasteiger partial charge is 0.227 e. The van der Waals surface area contributed by atoms with Gasteiger partial charge in [-0.05, 0) is 44.1 Å². The summed E-state index contributed by atoms with van der Waals surface area (Å²) >= 11 is 0. The van der Waals surface area contributed by atoms with Gasteiger partial charge >= 0.3 is 0 Å². The number of methoxy groups -OCH3 is 1. The molecular weight excluding hydrogens is 366 g/mol. The number of hydrogen-bond donors (Lipinski definition) is 1. The molecule has 0 aromatic carbocycles. The number of aromatic nitrogens is 5. The molecule has 1 aliphatic carbocycles. The number of nitrogens with zero attached hydrogens (tertiary/aromatic N) is 6. The third kappa shape index (κ3) is 3.42. The maximum Gasteiger partial charge on any atom is 0.227 e. The van der Waals surface area contributed by atoms with E-state index in [1.165, 1.54) is 6.42 Å². The zero-order valence-electron chi connectivity index (χ0n) is 17.1. The highest BCUT2D eigenvalue weighted by Gasteiger charge is 2.55. The Morgan fingerprint density at radius 3 is 2.76 bits per heavy atom. The van der Waals surface area contributed by atoms with E-state index in [9.17, 15) is 0 Å². The van der Waals surface area contributed by atoms with E-state index in [-0.39, 0.29) is 0 Å². The number of pyridine rings is 1. The van der Waals surface area contributed by atoms with Crippen LogP contribution in [0.4, 0.5) is 17.6 Å². The van der Waals surface area contributed by atoms with Gasteiger partial charge in [0.15, 0.2) is 0 Å². The summed E-state index contributed by atoms with van der Waals surface area (Å²) in [6.45, 7) is 7.23. The largest absolute Gasteiger partial charge is 0.385 e. The molecule has 1 saturated carbocycles. The third-order valence-corrected chi connectivity index (χ3v) is 6.23. The molecule has 1 aliphatic heterocycles. The van der Waals surface area contributed by atoms with Gasteiger partial charge in [0.25, 0.3) is 0 Å². The summed E-state index contributed by atoms with van der Waals surface area (Å²) in [5.41, 5.74) is 1.96. The molecule has 1 N–H and O–H groups in total. The minimum absolute atomic E-state index is 0.343. The molecule has 152 valence electrons. The molecule has 29 heavy (non-hydrogen) atoms. The highest BCUT2D eigenvalue weighted by atomic mass is 16.5. The SMILES string of the molecule is COCCC1[C@H]2CN(c3nccc(Nc4cc5c(cn4)ncn5C(C)C)n3)C[C@@H]12. The Labute approximate surface area is 170 Å². The van der Waals surface area contributed by atoms with Crippen molar-refractivity contribution in [1.82, 2.24) is 24.5 Å². The number of anilines is 3. The van der Waals surface area contributed by atoms with Gasteiger partial charge in [-0.1, -0.05) is 0 Å². The van der Waals surface area contributed by atoms with E-state index in [2.05, 4.69) is 43.6 Å². The molecule has 1 saturated heterocycles. The van der Waals surface area contributed by atoms with E-state index in [1.807, 2.05) is 24.7 Å². The predicted octanol–water partition coefficient (Wildman–Crippen LogP) is 3.26. The topological polar surface area (TPSA) is 81.0 Å². The second-order valence-electron chi connectivity index (χ2n) is 8.35. The Balaban J connectivity index is 1.29. The summed E-state index contributed by atoms with van der Waals surface area (Å²) in [5, 5.41) is 3.33. The summed E-state index contributed by atoms with van der Waals surface area (Å²) in [5.74, 6) is 4.66. The van der Waals surface area contributed by atoms with E-state index in [4.69, 9.17) is 9.72 Å². The zero-order valence-corrected chi connectivity index (χ0v) is 17.1. The normalized spacial score (nSPS) is 23.0. The molecule has 8 nitrogen and oxygen atoms in total. The molecular formula is C21H27N7O. The fourth-order valence-electron chi connectivity index (χ4n) is 4.61. The average molecular weight is 393 g/mol. The number of piperidine rings is 1. The van der Waals surface area contributed by atoms with Crippen molar-refractivity contribution in [2.24, 2.45) is 17.8 Å². The van der Waals surface area contributed by atoms with Crippen LogP contribution in [-0.2, 0) is 4.74 Å². The molecule has 2 fully saturated rings. The zero-order chi connectivity index (χ0) is 20.0. The molecule has 0 radical (unpaired) electrons. The van der Waals surface area contributed by atoms with Gasteiger partial charge in [0.1, 0.15) is 17.2 Å². The Bertz CT molecular complexity index is 1010. The van der Waals surface area contributed by atoms with Crippen molar-refractivity contribution in [2.75, 3.05) is 37.0 Å². The van der Waals surface area contributed by atoms with E-state index in [0.717, 1.165) is 66.1 Å². The van der Waals surface area contributed by atoms with Gasteiger partial charge in [0.2, 0.25) is 5.95 Å². The van der Waals surface area contributed by atoms with Gasteiger partial charge in [-0.3, -0.25) is 0 Å².